The van der Waals surface area contributed by atoms with Crippen LogP contribution in [0.25, 0.3) is 0 Å². The normalized spacial score (nSPS) is 49.1. The minimum atomic E-state index is -0.212. The van der Waals surface area contributed by atoms with Gasteiger partial charge in [-0.2, -0.15) is 0 Å². The minimum Gasteiger partial charge on any atom is -0.393 e. The van der Waals surface area contributed by atoms with Crippen LogP contribution in [0.3, 0.4) is 0 Å². The first-order valence-corrected chi connectivity index (χ1v) is 14.5. The molecule has 194 valence electrons. The number of hydrogen-bond donors (Lipinski definition) is 3. The van der Waals surface area contributed by atoms with Gasteiger partial charge >= 0.3 is 0 Å². The van der Waals surface area contributed by atoms with E-state index in [0.717, 1.165) is 51.6 Å². The fraction of sp³-hybridized carbons (Fsp3) is 0.966. The quantitative estimate of drug-likeness (QED) is 0.521. The van der Waals surface area contributed by atoms with Gasteiger partial charge < -0.3 is 20.3 Å². The van der Waals surface area contributed by atoms with E-state index in [1.54, 1.807) is 0 Å². The summed E-state index contributed by atoms with van der Waals surface area (Å²) in [6.07, 6.45) is 12.4. The van der Waals surface area contributed by atoms with E-state index in [2.05, 4.69) is 26.1 Å². The molecule has 1 heterocycles. The first-order valence-electron chi connectivity index (χ1n) is 14.5. The third-order valence-corrected chi connectivity index (χ3v) is 11.8. The number of rotatable bonds is 6. The molecule has 11 atom stereocenters. The highest BCUT2D eigenvalue weighted by Gasteiger charge is 2.62. The zero-order chi connectivity index (χ0) is 24.1. The van der Waals surface area contributed by atoms with E-state index in [0.29, 0.717) is 48.5 Å². The Morgan fingerprint density at radius 3 is 2.56 bits per heavy atom. The van der Waals surface area contributed by atoms with Gasteiger partial charge in [0, 0.05) is 19.6 Å². The summed E-state index contributed by atoms with van der Waals surface area (Å²) in [4.78, 5) is 12.5. The molecular formula is C29H49NO4. The molecule has 5 aliphatic rings. The Bertz CT molecular complexity index is 738. The summed E-state index contributed by atoms with van der Waals surface area (Å²) in [5.74, 6) is 3.45. The van der Waals surface area contributed by atoms with Gasteiger partial charge in [-0.1, -0.05) is 20.8 Å². The lowest BCUT2D eigenvalue weighted by Gasteiger charge is -2.62. The molecule has 5 rings (SSSR count). The average Bonchev–Trinajstić information content (AvgIpc) is 3.44. The Balaban J connectivity index is 1.21. The van der Waals surface area contributed by atoms with E-state index in [4.69, 9.17) is 4.74 Å². The van der Waals surface area contributed by atoms with Crippen LogP contribution in [0, 0.1) is 46.3 Å². The van der Waals surface area contributed by atoms with Crippen molar-refractivity contribution in [3.05, 3.63) is 0 Å². The summed E-state index contributed by atoms with van der Waals surface area (Å²) in [7, 11) is 0. The number of fused-ring (bicyclic) bond motifs is 5. The molecule has 1 amide bonds. The number of carbonyl (C=O) groups is 1. The van der Waals surface area contributed by atoms with E-state index in [-0.39, 0.29) is 35.0 Å². The Labute approximate surface area is 206 Å². The summed E-state index contributed by atoms with van der Waals surface area (Å²) in [5, 5.41) is 24.8. The number of hydrogen-bond acceptors (Lipinski definition) is 4. The summed E-state index contributed by atoms with van der Waals surface area (Å²) >= 11 is 0. The third kappa shape index (κ3) is 4.36. The van der Waals surface area contributed by atoms with Crippen molar-refractivity contribution in [1.29, 1.82) is 0 Å². The molecule has 0 radical (unpaired) electrons. The molecule has 34 heavy (non-hydrogen) atoms. The van der Waals surface area contributed by atoms with Crippen molar-refractivity contribution >= 4 is 5.91 Å². The number of carbonyl (C=O) groups excluding carboxylic acids is 1. The monoisotopic (exact) mass is 475 g/mol. The lowest BCUT2D eigenvalue weighted by molar-refractivity contribution is -0.174. The molecule has 4 saturated carbocycles. The van der Waals surface area contributed by atoms with Crippen molar-refractivity contribution in [3.63, 3.8) is 0 Å². The molecule has 1 unspecified atom stereocenters. The highest BCUT2D eigenvalue weighted by molar-refractivity contribution is 5.75. The number of aliphatic hydroxyl groups excluding tert-OH is 2. The second-order valence-corrected chi connectivity index (χ2v) is 13.4. The minimum absolute atomic E-state index is 0.171. The van der Waals surface area contributed by atoms with E-state index in [1.807, 2.05) is 0 Å². The zero-order valence-corrected chi connectivity index (χ0v) is 21.8. The maximum atomic E-state index is 12.5. The lowest BCUT2D eigenvalue weighted by Crippen LogP contribution is -2.58. The Kier molecular flexibility index (Phi) is 7.11. The second-order valence-electron chi connectivity index (χ2n) is 13.4. The van der Waals surface area contributed by atoms with Crippen LogP contribution < -0.4 is 5.32 Å². The fourth-order valence-corrected chi connectivity index (χ4v) is 9.86. The molecule has 5 heteroatoms. The van der Waals surface area contributed by atoms with Crippen LogP contribution >= 0.6 is 0 Å². The second kappa shape index (κ2) is 9.67. The van der Waals surface area contributed by atoms with Crippen molar-refractivity contribution in [2.24, 2.45) is 46.3 Å². The fourth-order valence-electron chi connectivity index (χ4n) is 9.86. The maximum Gasteiger partial charge on any atom is 0.220 e. The number of nitrogens with one attached hydrogen (secondary N) is 1. The molecule has 1 aliphatic heterocycles. The van der Waals surface area contributed by atoms with Crippen LogP contribution in [-0.4, -0.2) is 47.6 Å². The largest absolute Gasteiger partial charge is 0.393 e. The molecule has 1 saturated heterocycles. The van der Waals surface area contributed by atoms with Crippen LogP contribution in [0.5, 0.6) is 0 Å². The van der Waals surface area contributed by atoms with Gasteiger partial charge in [0.05, 0.1) is 18.3 Å². The summed E-state index contributed by atoms with van der Waals surface area (Å²) in [6, 6.07) is 0. The van der Waals surface area contributed by atoms with Crippen LogP contribution in [0.4, 0.5) is 0 Å². The number of amides is 1. The molecular weight excluding hydrogens is 426 g/mol. The van der Waals surface area contributed by atoms with Crippen molar-refractivity contribution < 1.29 is 19.7 Å². The highest BCUT2D eigenvalue weighted by Crippen LogP contribution is 2.68. The number of ether oxygens (including phenoxy) is 1. The Morgan fingerprint density at radius 2 is 1.79 bits per heavy atom. The van der Waals surface area contributed by atoms with Gasteiger partial charge in [0.1, 0.15) is 0 Å². The van der Waals surface area contributed by atoms with E-state index < -0.39 is 0 Å². The van der Waals surface area contributed by atoms with Crippen LogP contribution in [0.15, 0.2) is 0 Å². The predicted molar refractivity (Wildman–Crippen MR) is 133 cm³/mol. The summed E-state index contributed by atoms with van der Waals surface area (Å²) in [5.41, 5.74) is 0.572. The standard InChI is InChI=1S/C29H49NO4/c1-18(6-9-26(33)30-17-21-5-4-14-34-21)22-7-8-23-27-24(11-13-29(22,23)3)28(2)12-10-20(31)15-19(28)16-25(27)32/h18-25,27,31-32H,4-17H2,1-3H3,(H,30,33)/t18-,19+,20-,21?,22-,23+,24+,25+,27+,28+,29-/m0/s1. The summed E-state index contributed by atoms with van der Waals surface area (Å²) < 4.78 is 5.63. The predicted octanol–water partition coefficient (Wildman–Crippen LogP) is 4.69. The summed E-state index contributed by atoms with van der Waals surface area (Å²) in [6.45, 7) is 8.87. The first kappa shape index (κ1) is 25.0. The molecule has 0 aromatic carbocycles. The van der Waals surface area contributed by atoms with Crippen LogP contribution in [0.1, 0.15) is 97.8 Å². The molecule has 0 bridgehead atoms. The molecule has 0 spiro atoms. The maximum absolute atomic E-state index is 12.5. The van der Waals surface area contributed by atoms with Gasteiger partial charge in [-0.15, -0.1) is 0 Å². The van der Waals surface area contributed by atoms with Crippen LogP contribution in [0.2, 0.25) is 0 Å². The smallest absolute Gasteiger partial charge is 0.220 e. The molecule has 5 fully saturated rings. The van der Waals surface area contributed by atoms with Crippen LogP contribution in [-0.2, 0) is 9.53 Å². The van der Waals surface area contributed by atoms with Crippen molar-refractivity contribution in [1.82, 2.24) is 5.32 Å². The highest BCUT2D eigenvalue weighted by atomic mass is 16.5. The topological polar surface area (TPSA) is 78.8 Å². The Morgan fingerprint density at radius 1 is 1.03 bits per heavy atom. The van der Waals surface area contributed by atoms with Gasteiger partial charge in [0.25, 0.3) is 0 Å². The van der Waals surface area contributed by atoms with Crippen molar-refractivity contribution in [2.45, 2.75) is 116 Å². The molecule has 5 nitrogen and oxygen atoms in total. The molecule has 0 aromatic heterocycles. The van der Waals surface area contributed by atoms with Gasteiger partial charge in [0.2, 0.25) is 5.91 Å². The van der Waals surface area contributed by atoms with E-state index in [1.165, 1.54) is 25.7 Å². The third-order valence-electron chi connectivity index (χ3n) is 11.8. The molecule has 0 aromatic rings. The first-order chi connectivity index (χ1) is 16.2. The van der Waals surface area contributed by atoms with Crippen molar-refractivity contribution in [2.75, 3.05) is 13.2 Å². The SMILES string of the molecule is C[C@@H](CCC(=O)NCC1CCCO1)[C@@H]1CC[C@@H]2[C@H]3[C@H](O)C[C@H]4C[C@@H](O)CC[C@@]4(C)[C@@H]3CC[C@]21C. The van der Waals surface area contributed by atoms with Gasteiger partial charge in [-0.3, -0.25) is 4.79 Å². The zero-order valence-electron chi connectivity index (χ0n) is 21.8. The van der Waals surface area contributed by atoms with E-state index in [9.17, 15) is 15.0 Å². The molecule has 4 aliphatic carbocycles. The van der Waals surface area contributed by atoms with Gasteiger partial charge in [-0.05, 0) is 117 Å². The van der Waals surface area contributed by atoms with E-state index >= 15 is 0 Å². The number of aliphatic hydroxyl groups is 2. The van der Waals surface area contributed by atoms with Gasteiger partial charge in [-0.25, -0.2) is 0 Å². The lowest BCUT2D eigenvalue weighted by atomic mass is 9.43. The Hall–Kier alpha value is -0.650. The average molecular weight is 476 g/mol. The van der Waals surface area contributed by atoms with Crippen molar-refractivity contribution in [3.8, 4) is 0 Å². The molecule has 3 N–H and O–H groups in total. The van der Waals surface area contributed by atoms with Gasteiger partial charge in [0.15, 0.2) is 0 Å².